The first-order chi connectivity index (χ1) is 7.79. The van der Waals surface area contributed by atoms with E-state index >= 15 is 0 Å². The van der Waals surface area contributed by atoms with Gasteiger partial charge in [0.1, 0.15) is 12.2 Å². The number of rotatable bonds is 3. The van der Waals surface area contributed by atoms with Crippen molar-refractivity contribution >= 4 is 0 Å². The number of aliphatic hydroxyl groups excluding tert-OH is 2. The van der Waals surface area contributed by atoms with Gasteiger partial charge in [-0.15, -0.1) is 0 Å². The number of hydrogen-bond acceptors (Lipinski definition) is 2. The quantitative estimate of drug-likeness (QED) is 0.848. The molecular formula is C14H14O2Zn. The minimum atomic E-state index is -0.886. The van der Waals surface area contributed by atoms with Crippen LogP contribution in [-0.2, 0) is 19.5 Å². The summed E-state index contributed by atoms with van der Waals surface area (Å²) in [6.07, 6.45) is -1.77. The summed E-state index contributed by atoms with van der Waals surface area (Å²) in [4.78, 5) is 0. The second kappa shape index (κ2) is 6.65. The summed E-state index contributed by atoms with van der Waals surface area (Å²) in [5.74, 6) is 0. The normalized spacial score (nSPS) is 13.5. The maximum absolute atomic E-state index is 9.99. The van der Waals surface area contributed by atoms with Gasteiger partial charge in [-0.1, -0.05) is 60.7 Å². The van der Waals surface area contributed by atoms with Gasteiger partial charge < -0.3 is 10.2 Å². The Morgan fingerprint density at radius 2 is 0.882 bits per heavy atom. The largest absolute Gasteiger partial charge is 0.385 e. The van der Waals surface area contributed by atoms with Crippen LogP contribution in [0.2, 0.25) is 0 Å². The van der Waals surface area contributed by atoms with Crippen molar-refractivity contribution in [3.8, 4) is 0 Å². The summed E-state index contributed by atoms with van der Waals surface area (Å²) in [6, 6.07) is 18.3. The molecule has 0 aliphatic carbocycles. The fourth-order valence-corrected chi connectivity index (χ4v) is 1.67. The van der Waals surface area contributed by atoms with Gasteiger partial charge in [0.15, 0.2) is 0 Å². The standard InChI is InChI=1S/C14H14O2.Zn/c15-13(11-7-3-1-4-8-11)14(16)12-9-5-2-6-10-12;/h1-10,13-16H;/t13-,14-;/m1./s1. The molecule has 0 saturated carbocycles. The monoisotopic (exact) mass is 278 g/mol. The molecule has 0 saturated heterocycles. The third kappa shape index (κ3) is 3.47. The summed E-state index contributed by atoms with van der Waals surface area (Å²) in [5, 5.41) is 20.0. The van der Waals surface area contributed by atoms with Crippen molar-refractivity contribution in [1.29, 1.82) is 0 Å². The number of hydrogen-bond donors (Lipinski definition) is 2. The third-order valence-corrected chi connectivity index (χ3v) is 2.58. The average molecular weight is 280 g/mol. The van der Waals surface area contributed by atoms with Gasteiger partial charge >= 0.3 is 0 Å². The molecule has 0 unspecified atom stereocenters. The molecule has 2 N–H and O–H groups in total. The molecule has 3 heteroatoms. The number of aliphatic hydroxyl groups is 2. The molecule has 2 aromatic rings. The van der Waals surface area contributed by atoms with Crippen LogP contribution in [0.4, 0.5) is 0 Å². The predicted octanol–water partition coefficient (Wildman–Crippen LogP) is 2.45. The van der Waals surface area contributed by atoms with Crippen LogP contribution in [0.1, 0.15) is 23.3 Å². The second-order valence-electron chi connectivity index (χ2n) is 3.71. The first-order valence-corrected chi connectivity index (χ1v) is 5.25. The Morgan fingerprint density at radius 1 is 0.588 bits per heavy atom. The molecule has 84 valence electrons. The van der Waals surface area contributed by atoms with Gasteiger partial charge in [-0.25, -0.2) is 0 Å². The van der Waals surface area contributed by atoms with Crippen LogP contribution >= 0.6 is 0 Å². The molecule has 0 fully saturated rings. The van der Waals surface area contributed by atoms with E-state index < -0.39 is 12.2 Å². The van der Waals surface area contributed by atoms with Crippen LogP contribution in [0, 0.1) is 0 Å². The Morgan fingerprint density at radius 3 is 1.18 bits per heavy atom. The Hall–Kier alpha value is -1.02. The molecule has 0 aliphatic heterocycles. The Bertz CT molecular complexity index is 387. The van der Waals surface area contributed by atoms with E-state index in [1.54, 1.807) is 24.3 Å². The van der Waals surface area contributed by atoms with Crippen molar-refractivity contribution in [3.63, 3.8) is 0 Å². The van der Waals surface area contributed by atoms with Gasteiger partial charge in [0, 0.05) is 19.5 Å². The van der Waals surface area contributed by atoms with Gasteiger partial charge in [0.25, 0.3) is 0 Å². The first kappa shape index (κ1) is 14.0. The van der Waals surface area contributed by atoms with E-state index in [0.29, 0.717) is 0 Å². The van der Waals surface area contributed by atoms with E-state index in [4.69, 9.17) is 0 Å². The smallest absolute Gasteiger partial charge is 0.109 e. The van der Waals surface area contributed by atoms with Gasteiger partial charge in [-0.3, -0.25) is 0 Å². The molecule has 0 aromatic heterocycles. The van der Waals surface area contributed by atoms with E-state index in [-0.39, 0.29) is 19.5 Å². The Labute approximate surface area is 114 Å². The maximum Gasteiger partial charge on any atom is 0.109 e. The van der Waals surface area contributed by atoms with Crippen LogP contribution in [0.5, 0.6) is 0 Å². The van der Waals surface area contributed by atoms with Crippen LogP contribution in [0.15, 0.2) is 60.7 Å². The van der Waals surface area contributed by atoms with Crippen molar-refractivity contribution in [2.24, 2.45) is 0 Å². The summed E-state index contributed by atoms with van der Waals surface area (Å²) in [7, 11) is 0. The summed E-state index contributed by atoms with van der Waals surface area (Å²) in [6.45, 7) is 0. The van der Waals surface area contributed by atoms with Gasteiger partial charge in [-0.2, -0.15) is 0 Å². The van der Waals surface area contributed by atoms with E-state index in [0.717, 1.165) is 11.1 Å². The molecule has 0 heterocycles. The van der Waals surface area contributed by atoms with Crippen LogP contribution in [0.3, 0.4) is 0 Å². The molecule has 17 heavy (non-hydrogen) atoms. The molecular weight excluding hydrogens is 266 g/mol. The van der Waals surface area contributed by atoms with Crippen molar-refractivity contribution in [1.82, 2.24) is 0 Å². The predicted molar refractivity (Wildman–Crippen MR) is 62.8 cm³/mol. The fraction of sp³-hybridized carbons (Fsp3) is 0.143. The van der Waals surface area contributed by atoms with Crippen molar-refractivity contribution in [2.75, 3.05) is 0 Å². The van der Waals surface area contributed by atoms with Crippen LogP contribution in [-0.4, -0.2) is 10.2 Å². The van der Waals surface area contributed by atoms with Crippen molar-refractivity contribution in [3.05, 3.63) is 71.8 Å². The van der Waals surface area contributed by atoms with Gasteiger partial charge in [0.05, 0.1) is 0 Å². The summed E-state index contributed by atoms with van der Waals surface area (Å²) < 4.78 is 0. The molecule has 2 rings (SSSR count). The average Bonchev–Trinajstić information content (AvgIpc) is 2.39. The Balaban J connectivity index is 0.00000144. The second-order valence-corrected chi connectivity index (χ2v) is 3.71. The van der Waals surface area contributed by atoms with E-state index in [2.05, 4.69) is 0 Å². The molecule has 0 spiro atoms. The summed E-state index contributed by atoms with van der Waals surface area (Å²) in [5.41, 5.74) is 1.44. The molecule has 2 aromatic carbocycles. The van der Waals surface area contributed by atoms with Gasteiger partial charge in [-0.05, 0) is 11.1 Å². The number of benzene rings is 2. The zero-order valence-corrected chi connectivity index (χ0v) is 12.5. The molecule has 0 radical (unpaired) electrons. The zero-order valence-electron chi connectivity index (χ0n) is 9.53. The van der Waals surface area contributed by atoms with E-state index in [9.17, 15) is 10.2 Å². The zero-order chi connectivity index (χ0) is 11.4. The SMILES string of the molecule is O[C@H](c1ccccc1)[C@H](O)c1ccccc1.[Zn]. The van der Waals surface area contributed by atoms with E-state index in [1.165, 1.54) is 0 Å². The molecule has 2 nitrogen and oxygen atoms in total. The first-order valence-electron chi connectivity index (χ1n) is 5.25. The third-order valence-electron chi connectivity index (χ3n) is 2.58. The maximum atomic E-state index is 9.99. The topological polar surface area (TPSA) is 40.5 Å². The van der Waals surface area contributed by atoms with Crippen LogP contribution in [0.25, 0.3) is 0 Å². The van der Waals surface area contributed by atoms with E-state index in [1.807, 2.05) is 36.4 Å². The van der Waals surface area contributed by atoms with Crippen LogP contribution < -0.4 is 0 Å². The molecule has 0 aliphatic rings. The minimum absolute atomic E-state index is 0. The molecule has 2 atom stereocenters. The van der Waals surface area contributed by atoms with Gasteiger partial charge in [0.2, 0.25) is 0 Å². The fourth-order valence-electron chi connectivity index (χ4n) is 1.67. The van der Waals surface area contributed by atoms with Crippen molar-refractivity contribution in [2.45, 2.75) is 12.2 Å². The minimum Gasteiger partial charge on any atom is -0.385 e. The molecule has 0 bridgehead atoms. The molecule has 0 amide bonds. The summed E-state index contributed by atoms with van der Waals surface area (Å²) >= 11 is 0. The van der Waals surface area contributed by atoms with Crippen molar-refractivity contribution < 1.29 is 29.7 Å². The Kier molecular flexibility index (Phi) is 5.50.